The first kappa shape index (κ1) is 18.7. The number of ether oxygens (including phenoxy) is 2. The highest BCUT2D eigenvalue weighted by Crippen LogP contribution is 2.32. The van der Waals surface area contributed by atoms with E-state index >= 15 is 0 Å². The second kappa shape index (κ2) is 7.82. The first-order valence-corrected chi connectivity index (χ1v) is 10.2. The molecule has 0 radical (unpaired) electrons. The van der Waals surface area contributed by atoms with Crippen molar-refractivity contribution in [2.24, 2.45) is 0 Å². The Hall–Kier alpha value is -3.35. The number of rotatable bonds is 4. The van der Waals surface area contributed by atoms with E-state index in [1.165, 1.54) is 12.1 Å². The van der Waals surface area contributed by atoms with Crippen LogP contribution < -0.4 is 14.8 Å². The van der Waals surface area contributed by atoms with Gasteiger partial charge in [0.15, 0.2) is 17.2 Å². The van der Waals surface area contributed by atoms with E-state index in [2.05, 4.69) is 10.4 Å². The Bertz CT molecular complexity index is 1090. The topological polar surface area (TPSA) is 65.4 Å². The molecule has 5 rings (SSSR count). The fourth-order valence-corrected chi connectivity index (χ4v) is 4.07. The minimum atomic E-state index is -0.293. The second-order valence-electron chi connectivity index (χ2n) is 7.59. The van der Waals surface area contributed by atoms with Gasteiger partial charge in [0, 0.05) is 17.8 Å². The van der Waals surface area contributed by atoms with E-state index in [-0.39, 0.29) is 18.5 Å². The summed E-state index contributed by atoms with van der Waals surface area (Å²) in [5.74, 6) is 0.912. The predicted octanol–water partition coefficient (Wildman–Crippen LogP) is 3.94. The minimum Gasteiger partial charge on any atom is -0.454 e. The van der Waals surface area contributed by atoms with Crippen LogP contribution in [0, 0.1) is 5.82 Å². The van der Waals surface area contributed by atoms with E-state index in [9.17, 15) is 9.18 Å². The number of amides is 1. The Kier molecular flexibility index (Phi) is 4.86. The molecule has 2 aliphatic rings. The van der Waals surface area contributed by atoms with Gasteiger partial charge >= 0.3 is 0 Å². The molecule has 0 spiro atoms. The van der Waals surface area contributed by atoms with E-state index in [1.807, 2.05) is 18.2 Å². The Morgan fingerprint density at radius 3 is 2.70 bits per heavy atom. The van der Waals surface area contributed by atoms with Crippen molar-refractivity contribution in [2.45, 2.75) is 38.6 Å². The standard InChI is InChI=1S/C23H22FN3O3/c24-16-7-9-17(10-8-16)27-19-5-3-1-2-4-18(19)22(26-27)23(28)25-13-15-6-11-20-21(12-15)30-14-29-20/h6-12H,1-5,13-14H2,(H,25,28). The van der Waals surface area contributed by atoms with E-state index < -0.39 is 0 Å². The lowest BCUT2D eigenvalue weighted by atomic mass is 10.1. The van der Waals surface area contributed by atoms with Crippen LogP contribution in [0.3, 0.4) is 0 Å². The molecule has 1 amide bonds. The summed E-state index contributed by atoms with van der Waals surface area (Å²) in [6.07, 6.45) is 4.89. The van der Waals surface area contributed by atoms with Crippen molar-refractivity contribution in [1.29, 1.82) is 0 Å². The largest absolute Gasteiger partial charge is 0.454 e. The molecule has 1 aromatic heterocycles. The quantitative estimate of drug-likeness (QED) is 0.666. The summed E-state index contributed by atoms with van der Waals surface area (Å²) < 4.78 is 25.9. The molecule has 1 aliphatic heterocycles. The van der Waals surface area contributed by atoms with E-state index in [0.717, 1.165) is 54.6 Å². The van der Waals surface area contributed by atoms with Gasteiger partial charge in [-0.3, -0.25) is 4.79 Å². The van der Waals surface area contributed by atoms with Gasteiger partial charge in [-0.15, -0.1) is 0 Å². The maximum Gasteiger partial charge on any atom is 0.272 e. The smallest absolute Gasteiger partial charge is 0.272 e. The van der Waals surface area contributed by atoms with Gasteiger partial charge in [0.2, 0.25) is 6.79 Å². The summed E-state index contributed by atoms with van der Waals surface area (Å²) in [5, 5.41) is 7.62. The zero-order valence-corrected chi connectivity index (χ0v) is 16.5. The summed E-state index contributed by atoms with van der Waals surface area (Å²) in [5.41, 5.74) is 4.20. The molecule has 154 valence electrons. The first-order valence-electron chi connectivity index (χ1n) is 10.2. The second-order valence-corrected chi connectivity index (χ2v) is 7.59. The number of nitrogens with zero attached hydrogens (tertiary/aromatic N) is 2. The number of carbonyl (C=O) groups excluding carboxylic acids is 1. The molecule has 0 saturated carbocycles. The van der Waals surface area contributed by atoms with Gasteiger partial charge in [-0.05, 0) is 67.6 Å². The average molecular weight is 407 g/mol. The van der Waals surface area contributed by atoms with E-state index in [1.54, 1.807) is 16.8 Å². The van der Waals surface area contributed by atoms with E-state index in [0.29, 0.717) is 23.7 Å². The van der Waals surface area contributed by atoms with Crippen molar-refractivity contribution in [1.82, 2.24) is 15.1 Å². The van der Waals surface area contributed by atoms with Crippen molar-refractivity contribution >= 4 is 5.91 Å². The number of aromatic nitrogens is 2. The number of hydrogen-bond acceptors (Lipinski definition) is 4. The zero-order valence-electron chi connectivity index (χ0n) is 16.5. The van der Waals surface area contributed by atoms with E-state index in [4.69, 9.17) is 9.47 Å². The molecule has 0 atom stereocenters. The Morgan fingerprint density at radius 1 is 1.03 bits per heavy atom. The minimum absolute atomic E-state index is 0.202. The third kappa shape index (κ3) is 3.51. The summed E-state index contributed by atoms with van der Waals surface area (Å²) in [6, 6.07) is 11.9. The molecular weight excluding hydrogens is 385 g/mol. The molecule has 1 N–H and O–H groups in total. The van der Waals surface area contributed by atoms with Crippen LogP contribution in [0.25, 0.3) is 5.69 Å². The van der Waals surface area contributed by atoms with Gasteiger partial charge in [-0.25, -0.2) is 9.07 Å². The lowest BCUT2D eigenvalue weighted by Crippen LogP contribution is -2.24. The van der Waals surface area contributed by atoms with Gasteiger partial charge in [0.1, 0.15) is 5.82 Å². The lowest BCUT2D eigenvalue weighted by molar-refractivity contribution is 0.0944. The molecule has 30 heavy (non-hydrogen) atoms. The van der Waals surface area contributed by atoms with Gasteiger partial charge in [-0.1, -0.05) is 12.5 Å². The predicted molar refractivity (Wildman–Crippen MR) is 109 cm³/mol. The Labute approximate surface area is 173 Å². The maximum atomic E-state index is 13.4. The van der Waals surface area contributed by atoms with Crippen LogP contribution in [-0.2, 0) is 19.4 Å². The number of carbonyl (C=O) groups is 1. The summed E-state index contributed by atoms with van der Waals surface area (Å²) in [4.78, 5) is 13.0. The highest BCUT2D eigenvalue weighted by Gasteiger charge is 2.25. The van der Waals surface area contributed by atoms with Crippen LogP contribution in [0.4, 0.5) is 4.39 Å². The Morgan fingerprint density at radius 2 is 1.83 bits per heavy atom. The van der Waals surface area contributed by atoms with Crippen LogP contribution in [-0.4, -0.2) is 22.5 Å². The number of halogens is 1. The molecule has 3 aromatic rings. The molecule has 2 heterocycles. The molecular formula is C23H22FN3O3. The van der Waals surface area contributed by atoms with Crippen molar-refractivity contribution in [2.75, 3.05) is 6.79 Å². The molecule has 0 fully saturated rings. The molecule has 0 unspecified atom stereocenters. The number of benzene rings is 2. The number of hydrogen-bond donors (Lipinski definition) is 1. The molecule has 7 heteroatoms. The summed E-state index contributed by atoms with van der Waals surface area (Å²) in [6.45, 7) is 0.589. The summed E-state index contributed by atoms with van der Waals surface area (Å²) >= 11 is 0. The lowest BCUT2D eigenvalue weighted by Gasteiger charge is -2.07. The molecule has 6 nitrogen and oxygen atoms in total. The fraction of sp³-hybridized carbons (Fsp3) is 0.304. The summed E-state index contributed by atoms with van der Waals surface area (Å²) in [7, 11) is 0. The SMILES string of the molecule is O=C(NCc1ccc2c(c1)OCO2)c1nn(-c2ccc(F)cc2)c2c1CCCCC2. The molecule has 0 bridgehead atoms. The van der Waals surface area contributed by atoms with Crippen LogP contribution in [0.1, 0.15) is 46.6 Å². The van der Waals surface area contributed by atoms with Crippen molar-refractivity contribution in [3.63, 3.8) is 0 Å². The normalized spacial score (nSPS) is 14.8. The number of nitrogens with one attached hydrogen (secondary N) is 1. The van der Waals surface area contributed by atoms with Gasteiger partial charge < -0.3 is 14.8 Å². The molecule has 1 aliphatic carbocycles. The van der Waals surface area contributed by atoms with Crippen molar-refractivity contribution < 1.29 is 18.7 Å². The third-order valence-corrected chi connectivity index (χ3v) is 5.61. The monoisotopic (exact) mass is 407 g/mol. The van der Waals surface area contributed by atoms with Gasteiger partial charge in [0.25, 0.3) is 5.91 Å². The maximum absolute atomic E-state index is 13.4. The van der Waals surface area contributed by atoms with Gasteiger partial charge in [0.05, 0.1) is 5.69 Å². The average Bonchev–Trinajstić information content (AvgIpc) is 3.29. The molecule has 2 aromatic carbocycles. The van der Waals surface area contributed by atoms with Crippen molar-refractivity contribution in [3.8, 4) is 17.2 Å². The van der Waals surface area contributed by atoms with Gasteiger partial charge in [-0.2, -0.15) is 5.10 Å². The highest BCUT2D eigenvalue weighted by atomic mass is 19.1. The van der Waals surface area contributed by atoms with Crippen LogP contribution in [0.5, 0.6) is 11.5 Å². The van der Waals surface area contributed by atoms with Crippen molar-refractivity contribution in [3.05, 3.63) is 70.8 Å². The first-order chi connectivity index (χ1) is 14.7. The highest BCUT2D eigenvalue weighted by molar-refractivity contribution is 5.94. The van der Waals surface area contributed by atoms with Crippen LogP contribution in [0.15, 0.2) is 42.5 Å². The number of fused-ring (bicyclic) bond motifs is 2. The molecule has 0 saturated heterocycles. The third-order valence-electron chi connectivity index (χ3n) is 5.61. The fourth-order valence-electron chi connectivity index (χ4n) is 4.07. The van der Waals surface area contributed by atoms with Crippen LogP contribution >= 0.6 is 0 Å². The Balaban J connectivity index is 1.41. The van der Waals surface area contributed by atoms with Crippen LogP contribution in [0.2, 0.25) is 0 Å². The zero-order chi connectivity index (χ0) is 20.5.